The van der Waals surface area contributed by atoms with Crippen LogP contribution in [-0.2, 0) is 9.53 Å². The molecule has 1 aliphatic heterocycles. The Kier molecular flexibility index (Phi) is 6.99. The summed E-state index contributed by atoms with van der Waals surface area (Å²) in [6.07, 6.45) is 1.39. The Morgan fingerprint density at radius 3 is 2.34 bits per heavy atom. The third-order valence-electron chi connectivity index (χ3n) is 5.61. The van der Waals surface area contributed by atoms with Crippen LogP contribution in [0.2, 0.25) is 0 Å². The van der Waals surface area contributed by atoms with Crippen LogP contribution in [0.1, 0.15) is 38.6 Å². The van der Waals surface area contributed by atoms with E-state index in [0.29, 0.717) is 5.56 Å². The number of benzene rings is 2. The van der Waals surface area contributed by atoms with Gasteiger partial charge in [0.25, 0.3) is 17.3 Å². The van der Waals surface area contributed by atoms with E-state index < -0.39 is 32.9 Å². The molecule has 13 nitrogen and oxygen atoms in total. The van der Waals surface area contributed by atoms with Gasteiger partial charge < -0.3 is 16.2 Å². The molecule has 0 radical (unpaired) electrons. The van der Waals surface area contributed by atoms with Gasteiger partial charge in [-0.1, -0.05) is 36.0 Å². The van der Waals surface area contributed by atoms with Crippen LogP contribution in [0.4, 0.5) is 17.1 Å². The molecule has 0 aliphatic carbocycles. The molecule has 1 amide bonds. The van der Waals surface area contributed by atoms with Gasteiger partial charge in [-0.2, -0.15) is 0 Å². The summed E-state index contributed by atoms with van der Waals surface area (Å²) < 4.78 is 6.04. The molecule has 0 fully saturated rings. The zero-order valence-electron chi connectivity index (χ0n) is 19.7. The molecule has 0 bridgehead atoms. The smallest absolute Gasteiger partial charge is 0.357 e. The number of nitrogens with two attached hydrogens (primary N) is 2. The number of carbonyl (C=O) groups is 3. The number of primary amides is 1. The van der Waals surface area contributed by atoms with Crippen LogP contribution in [-0.4, -0.2) is 38.8 Å². The first kappa shape index (κ1) is 26.1. The van der Waals surface area contributed by atoms with Gasteiger partial charge in [-0.25, -0.2) is 4.79 Å². The fourth-order valence-corrected chi connectivity index (χ4v) is 5.18. The second-order valence-electron chi connectivity index (χ2n) is 7.96. The average molecular weight is 538 g/mol. The molecule has 0 unspecified atom stereocenters. The first-order valence-corrected chi connectivity index (χ1v) is 11.9. The van der Waals surface area contributed by atoms with E-state index >= 15 is 0 Å². The molecule has 0 saturated carbocycles. The normalized spacial score (nSPS) is 15.2. The third-order valence-corrected chi connectivity index (χ3v) is 6.95. The molecule has 194 valence electrons. The quantitative estimate of drug-likeness (QED) is 0.253. The first-order valence-electron chi connectivity index (χ1n) is 11.0. The van der Waals surface area contributed by atoms with Crippen molar-refractivity contribution in [3.05, 3.63) is 96.1 Å². The number of nitro groups is 2. The van der Waals surface area contributed by atoms with Gasteiger partial charge in [0.2, 0.25) is 5.91 Å². The number of hydrogen-bond donors (Lipinski definition) is 2. The Morgan fingerprint density at radius 1 is 1.11 bits per heavy atom. The molecule has 0 spiro atoms. The summed E-state index contributed by atoms with van der Waals surface area (Å²) in [5, 5.41) is 21.3. The maximum absolute atomic E-state index is 13.8. The Labute approximate surface area is 217 Å². The van der Waals surface area contributed by atoms with E-state index in [9.17, 15) is 34.6 Å². The number of carbonyl (C=O) groups excluding carboxylic acids is 3. The van der Waals surface area contributed by atoms with Gasteiger partial charge in [-0.05, 0) is 24.1 Å². The molecule has 38 heavy (non-hydrogen) atoms. The largest absolute Gasteiger partial charge is 0.461 e. The molecular formula is C24H19N5O8S. The number of non-ortho nitro benzene ring substituents is 2. The second-order valence-corrected chi connectivity index (χ2v) is 9.07. The maximum atomic E-state index is 13.8. The van der Waals surface area contributed by atoms with Crippen molar-refractivity contribution in [2.75, 3.05) is 12.3 Å². The standard InChI is InChI=1S/C24H19N5O8S/c1-2-37-24(32)19-17(25)16(10-12-5-3-7-14(9-12)28(33)34)18-21(22(26)30)38-20(23(31)27(18)19)13-6-4-8-15(11-13)29(35)36/h3-11,20H,2,25H2,1H3,(H2,26,30)/b16-10+/t20-/m0/s1. The van der Waals surface area contributed by atoms with E-state index in [1.807, 2.05) is 0 Å². The minimum Gasteiger partial charge on any atom is -0.461 e. The van der Waals surface area contributed by atoms with Crippen molar-refractivity contribution in [2.24, 2.45) is 5.73 Å². The highest BCUT2D eigenvalue weighted by atomic mass is 32.2. The van der Waals surface area contributed by atoms with Crippen LogP contribution in [0.3, 0.4) is 0 Å². The van der Waals surface area contributed by atoms with E-state index in [0.717, 1.165) is 16.3 Å². The number of rotatable bonds is 7. The number of nitrogens with zero attached hydrogens (tertiary/aromatic N) is 3. The summed E-state index contributed by atoms with van der Waals surface area (Å²) in [7, 11) is 0. The highest BCUT2D eigenvalue weighted by Crippen LogP contribution is 2.40. The molecule has 1 aromatic heterocycles. The maximum Gasteiger partial charge on any atom is 0.357 e. The number of ether oxygens (including phenoxy) is 1. The minimum absolute atomic E-state index is 0.0493. The average Bonchev–Trinajstić information content (AvgIpc) is 3.16. The van der Waals surface area contributed by atoms with Gasteiger partial charge in [0, 0.05) is 29.5 Å². The molecule has 2 aromatic carbocycles. The Morgan fingerprint density at radius 2 is 1.74 bits per heavy atom. The van der Waals surface area contributed by atoms with Gasteiger partial charge in [-0.3, -0.25) is 34.4 Å². The van der Waals surface area contributed by atoms with E-state index in [4.69, 9.17) is 16.2 Å². The van der Waals surface area contributed by atoms with Crippen molar-refractivity contribution < 1.29 is 29.0 Å². The fourth-order valence-electron chi connectivity index (χ4n) is 4.02. The predicted octanol–water partition coefficient (Wildman–Crippen LogP) is 1.61. The van der Waals surface area contributed by atoms with Crippen LogP contribution in [0, 0.1) is 20.2 Å². The lowest BCUT2D eigenvalue weighted by Crippen LogP contribution is -2.43. The molecule has 2 heterocycles. The highest BCUT2D eigenvalue weighted by Gasteiger charge is 2.37. The van der Waals surface area contributed by atoms with E-state index in [2.05, 4.69) is 0 Å². The molecule has 0 saturated heterocycles. The van der Waals surface area contributed by atoms with Crippen molar-refractivity contribution in [3.63, 3.8) is 0 Å². The Balaban J connectivity index is 2.07. The van der Waals surface area contributed by atoms with Crippen LogP contribution in [0.15, 0.2) is 48.5 Å². The van der Waals surface area contributed by atoms with Crippen molar-refractivity contribution in [3.8, 4) is 0 Å². The number of hydrogen-bond acceptors (Lipinski definition) is 10. The first-order chi connectivity index (χ1) is 18.0. The number of esters is 1. The summed E-state index contributed by atoms with van der Waals surface area (Å²) in [6.45, 7) is 1.50. The highest BCUT2D eigenvalue weighted by molar-refractivity contribution is 8.10. The molecular weight excluding hydrogens is 518 g/mol. The summed E-state index contributed by atoms with van der Waals surface area (Å²) in [5.41, 5.74) is 11.4. The van der Waals surface area contributed by atoms with Gasteiger partial charge in [0.05, 0.1) is 32.4 Å². The number of fused-ring (bicyclic) bond motifs is 1. The zero-order chi connectivity index (χ0) is 27.7. The van der Waals surface area contributed by atoms with Gasteiger partial charge in [-0.15, -0.1) is 0 Å². The van der Waals surface area contributed by atoms with Crippen molar-refractivity contribution in [2.45, 2.75) is 12.2 Å². The Hall–Kier alpha value is -4.98. The third kappa shape index (κ3) is 4.59. The number of nitro benzene ring substituents is 2. The number of anilines is 1. The van der Waals surface area contributed by atoms with Crippen LogP contribution in [0.25, 0.3) is 11.0 Å². The topological polar surface area (TPSA) is 204 Å². The molecule has 4 N–H and O–H groups in total. The molecule has 14 heteroatoms. The molecule has 4 rings (SSSR count). The van der Waals surface area contributed by atoms with E-state index in [-0.39, 0.29) is 50.4 Å². The van der Waals surface area contributed by atoms with Crippen LogP contribution in [0.5, 0.6) is 0 Å². The number of thioether (sulfide) groups is 1. The Bertz CT molecular complexity index is 1660. The van der Waals surface area contributed by atoms with Gasteiger partial charge in [0.15, 0.2) is 5.69 Å². The van der Waals surface area contributed by atoms with Crippen molar-refractivity contribution >= 4 is 57.6 Å². The number of aromatic nitrogens is 1. The van der Waals surface area contributed by atoms with Crippen molar-refractivity contribution in [1.29, 1.82) is 0 Å². The van der Waals surface area contributed by atoms with E-state index in [1.165, 1.54) is 54.6 Å². The summed E-state index contributed by atoms with van der Waals surface area (Å²) >= 11 is 0.757. The van der Waals surface area contributed by atoms with Gasteiger partial charge in [0.1, 0.15) is 5.25 Å². The van der Waals surface area contributed by atoms with Crippen LogP contribution < -0.4 is 22.0 Å². The lowest BCUT2D eigenvalue weighted by atomic mass is 10.1. The minimum atomic E-state index is -1.18. The van der Waals surface area contributed by atoms with Crippen molar-refractivity contribution in [1.82, 2.24) is 4.57 Å². The summed E-state index contributed by atoms with van der Waals surface area (Å²) in [4.78, 5) is 60.5. The molecule has 1 atom stereocenters. The predicted molar refractivity (Wildman–Crippen MR) is 137 cm³/mol. The number of nitrogen functional groups attached to an aromatic ring is 1. The SMILES string of the molecule is CCOC(=O)c1c(N)/c(=C\c2cccc([N+](=O)[O-])c2)c2n1C(=O)[C@H](c1cccc([N+](=O)[O-])c1)SC=2C(N)=O. The lowest BCUT2D eigenvalue weighted by Gasteiger charge is -2.23. The fraction of sp³-hybridized carbons (Fsp3) is 0.125. The van der Waals surface area contributed by atoms with Crippen LogP contribution >= 0.6 is 11.8 Å². The summed E-state index contributed by atoms with van der Waals surface area (Å²) in [5.74, 6) is -2.61. The van der Waals surface area contributed by atoms with Gasteiger partial charge >= 0.3 is 5.97 Å². The monoisotopic (exact) mass is 537 g/mol. The summed E-state index contributed by atoms with van der Waals surface area (Å²) in [6, 6.07) is 10.8. The number of amides is 1. The molecule has 3 aromatic rings. The molecule has 1 aliphatic rings. The zero-order valence-corrected chi connectivity index (χ0v) is 20.5. The second kappa shape index (κ2) is 10.2. The lowest BCUT2D eigenvalue weighted by molar-refractivity contribution is -0.385. The van der Waals surface area contributed by atoms with E-state index in [1.54, 1.807) is 6.92 Å².